The summed E-state index contributed by atoms with van der Waals surface area (Å²) in [6, 6.07) is 8.62. The normalized spacial score (nSPS) is 12.1. The average Bonchev–Trinajstić information content (AvgIpc) is 2.89. The maximum Gasteiger partial charge on any atom is 0.0456 e. The number of hydrogen-bond acceptors (Lipinski definition) is 1. The molecule has 0 saturated carbocycles. The first kappa shape index (κ1) is 17.1. The van der Waals surface area contributed by atoms with Crippen molar-refractivity contribution in [2.75, 3.05) is 19.6 Å². The molecular weight excluding hydrogens is 268 g/mol. The van der Waals surface area contributed by atoms with E-state index in [-0.39, 0.29) is 0 Å². The van der Waals surface area contributed by atoms with Crippen molar-refractivity contribution < 1.29 is 0 Å². The van der Waals surface area contributed by atoms with Crippen LogP contribution < -0.4 is 0 Å². The number of benzene rings is 1. The number of para-hydroxylation sites is 1. The predicted molar refractivity (Wildman–Crippen MR) is 97.4 cm³/mol. The summed E-state index contributed by atoms with van der Waals surface area (Å²) in [5.41, 5.74) is 2.71. The first-order valence-electron chi connectivity index (χ1n) is 8.83. The van der Waals surface area contributed by atoms with Crippen molar-refractivity contribution in [2.24, 2.45) is 11.8 Å². The van der Waals surface area contributed by atoms with Crippen LogP contribution in [0.3, 0.4) is 0 Å². The summed E-state index contributed by atoms with van der Waals surface area (Å²) in [5, 5.41) is 1.38. The minimum absolute atomic E-state index is 0.787. The number of aromatic amines is 1. The Kier molecular flexibility index (Phi) is 6.50. The van der Waals surface area contributed by atoms with E-state index in [4.69, 9.17) is 0 Å². The summed E-state index contributed by atoms with van der Waals surface area (Å²) in [6.45, 7) is 12.9. The highest BCUT2D eigenvalue weighted by Crippen LogP contribution is 2.18. The molecule has 0 spiro atoms. The molecule has 0 saturated heterocycles. The molecule has 0 aliphatic rings. The van der Waals surface area contributed by atoms with Crippen molar-refractivity contribution >= 4 is 10.9 Å². The molecule has 0 atom stereocenters. The number of nitrogens with one attached hydrogen (secondary N) is 1. The third-order valence-corrected chi connectivity index (χ3v) is 4.42. The summed E-state index contributed by atoms with van der Waals surface area (Å²) in [6.07, 6.45) is 5.92. The summed E-state index contributed by atoms with van der Waals surface area (Å²) in [5.74, 6) is 1.57. The van der Waals surface area contributed by atoms with Crippen LogP contribution in [0.2, 0.25) is 0 Å². The van der Waals surface area contributed by atoms with E-state index in [9.17, 15) is 0 Å². The maximum atomic E-state index is 3.39. The largest absolute Gasteiger partial charge is 0.361 e. The molecule has 1 aromatic carbocycles. The highest BCUT2D eigenvalue weighted by Gasteiger charge is 2.09. The molecule has 0 amide bonds. The number of H-pyrrole nitrogens is 1. The fourth-order valence-corrected chi connectivity index (χ4v) is 2.83. The van der Waals surface area contributed by atoms with Gasteiger partial charge in [0.25, 0.3) is 0 Å². The van der Waals surface area contributed by atoms with E-state index < -0.39 is 0 Å². The van der Waals surface area contributed by atoms with Crippen molar-refractivity contribution in [1.82, 2.24) is 9.88 Å². The van der Waals surface area contributed by atoms with Gasteiger partial charge in [0.1, 0.15) is 0 Å². The minimum Gasteiger partial charge on any atom is -0.361 e. The zero-order chi connectivity index (χ0) is 15.9. The van der Waals surface area contributed by atoms with Gasteiger partial charge in [-0.15, -0.1) is 0 Å². The molecular formula is C20H32N2. The zero-order valence-electron chi connectivity index (χ0n) is 14.7. The van der Waals surface area contributed by atoms with Crippen molar-refractivity contribution in [3.63, 3.8) is 0 Å². The average molecular weight is 300 g/mol. The SMILES string of the molecule is CC(C)CCN(CCc1c[nH]c2ccccc12)CCC(C)C. The van der Waals surface area contributed by atoms with Crippen LogP contribution in [0.1, 0.15) is 46.1 Å². The maximum absolute atomic E-state index is 3.39. The van der Waals surface area contributed by atoms with Gasteiger partial charge in [0.2, 0.25) is 0 Å². The molecule has 0 aliphatic heterocycles. The van der Waals surface area contributed by atoms with Crippen LogP contribution in [-0.2, 0) is 6.42 Å². The number of nitrogens with zero attached hydrogens (tertiary/aromatic N) is 1. The third kappa shape index (κ3) is 5.17. The molecule has 2 nitrogen and oxygen atoms in total. The van der Waals surface area contributed by atoms with Crippen molar-refractivity contribution in [3.8, 4) is 0 Å². The molecule has 2 aromatic rings. The highest BCUT2D eigenvalue weighted by molar-refractivity contribution is 5.83. The summed E-state index contributed by atoms with van der Waals surface area (Å²) >= 11 is 0. The van der Waals surface area contributed by atoms with E-state index in [1.54, 1.807) is 0 Å². The molecule has 0 fully saturated rings. The monoisotopic (exact) mass is 300 g/mol. The molecule has 0 radical (unpaired) electrons. The zero-order valence-corrected chi connectivity index (χ0v) is 14.7. The molecule has 2 heteroatoms. The minimum atomic E-state index is 0.787. The van der Waals surface area contributed by atoms with Gasteiger partial charge in [-0.25, -0.2) is 0 Å². The molecule has 2 rings (SSSR count). The first-order chi connectivity index (χ1) is 10.6. The van der Waals surface area contributed by atoms with Crippen LogP contribution in [0.4, 0.5) is 0 Å². The number of aromatic nitrogens is 1. The van der Waals surface area contributed by atoms with E-state index >= 15 is 0 Å². The van der Waals surface area contributed by atoms with E-state index in [1.165, 1.54) is 48.9 Å². The summed E-state index contributed by atoms with van der Waals surface area (Å²) in [7, 11) is 0. The summed E-state index contributed by atoms with van der Waals surface area (Å²) < 4.78 is 0. The Hall–Kier alpha value is -1.28. The second-order valence-corrected chi connectivity index (χ2v) is 7.32. The standard InChI is InChI=1S/C20H32N2/c1-16(2)9-12-22(13-10-17(3)4)14-11-18-15-21-20-8-6-5-7-19(18)20/h5-8,15-17,21H,9-14H2,1-4H3. The van der Waals surface area contributed by atoms with E-state index in [1.807, 2.05) is 0 Å². The molecule has 1 heterocycles. The van der Waals surface area contributed by atoms with Crippen LogP contribution in [0.25, 0.3) is 10.9 Å². The van der Waals surface area contributed by atoms with Gasteiger partial charge in [0.15, 0.2) is 0 Å². The van der Waals surface area contributed by atoms with Gasteiger partial charge in [-0.1, -0.05) is 45.9 Å². The van der Waals surface area contributed by atoms with E-state index in [0.717, 1.165) is 18.3 Å². The summed E-state index contributed by atoms with van der Waals surface area (Å²) in [4.78, 5) is 6.05. The van der Waals surface area contributed by atoms with Crippen molar-refractivity contribution in [2.45, 2.75) is 47.0 Å². The number of rotatable bonds is 9. The molecule has 0 bridgehead atoms. The lowest BCUT2D eigenvalue weighted by atomic mass is 10.1. The van der Waals surface area contributed by atoms with Gasteiger partial charge in [-0.3, -0.25) is 0 Å². The first-order valence-corrected chi connectivity index (χ1v) is 8.83. The Bertz CT molecular complexity index is 542. The molecule has 22 heavy (non-hydrogen) atoms. The van der Waals surface area contributed by atoms with Gasteiger partial charge in [0, 0.05) is 23.6 Å². The van der Waals surface area contributed by atoms with E-state index in [0.29, 0.717) is 0 Å². The lowest BCUT2D eigenvalue weighted by Gasteiger charge is -2.24. The van der Waals surface area contributed by atoms with Crippen LogP contribution in [0.5, 0.6) is 0 Å². The number of hydrogen-bond donors (Lipinski definition) is 1. The molecule has 0 unspecified atom stereocenters. The smallest absolute Gasteiger partial charge is 0.0456 e. The van der Waals surface area contributed by atoms with Crippen LogP contribution in [0, 0.1) is 11.8 Å². The number of fused-ring (bicyclic) bond motifs is 1. The second-order valence-electron chi connectivity index (χ2n) is 7.32. The highest BCUT2D eigenvalue weighted by atomic mass is 15.1. The van der Waals surface area contributed by atoms with Crippen LogP contribution in [0.15, 0.2) is 30.5 Å². The van der Waals surface area contributed by atoms with Crippen molar-refractivity contribution in [3.05, 3.63) is 36.0 Å². The van der Waals surface area contributed by atoms with Gasteiger partial charge < -0.3 is 9.88 Å². The third-order valence-electron chi connectivity index (χ3n) is 4.42. The molecule has 122 valence electrons. The molecule has 1 aromatic heterocycles. The molecule has 0 aliphatic carbocycles. The fourth-order valence-electron chi connectivity index (χ4n) is 2.83. The topological polar surface area (TPSA) is 19.0 Å². The Morgan fingerprint density at radius 1 is 0.909 bits per heavy atom. The predicted octanol–water partition coefficient (Wildman–Crippen LogP) is 5.10. The fraction of sp³-hybridized carbons (Fsp3) is 0.600. The Balaban J connectivity index is 1.94. The Labute approximate surface area is 135 Å². The van der Waals surface area contributed by atoms with Crippen LogP contribution >= 0.6 is 0 Å². The van der Waals surface area contributed by atoms with Gasteiger partial charge in [0.05, 0.1) is 0 Å². The van der Waals surface area contributed by atoms with Gasteiger partial charge in [-0.05, 0) is 55.8 Å². The van der Waals surface area contributed by atoms with E-state index in [2.05, 4.69) is 68.0 Å². The quantitative estimate of drug-likeness (QED) is 0.682. The second kappa shape index (κ2) is 8.38. The molecule has 1 N–H and O–H groups in total. The van der Waals surface area contributed by atoms with Gasteiger partial charge >= 0.3 is 0 Å². The Morgan fingerprint density at radius 3 is 2.18 bits per heavy atom. The lowest BCUT2D eigenvalue weighted by Crippen LogP contribution is -2.29. The lowest BCUT2D eigenvalue weighted by molar-refractivity contribution is 0.246. The Morgan fingerprint density at radius 2 is 1.55 bits per heavy atom. The van der Waals surface area contributed by atoms with Gasteiger partial charge in [-0.2, -0.15) is 0 Å². The van der Waals surface area contributed by atoms with Crippen molar-refractivity contribution in [1.29, 1.82) is 0 Å². The van der Waals surface area contributed by atoms with Crippen LogP contribution in [-0.4, -0.2) is 29.5 Å².